The van der Waals surface area contributed by atoms with Crippen LogP contribution in [-0.2, 0) is 16.6 Å². The molecule has 1 fully saturated rings. The molecule has 3 rings (SSSR count). The lowest BCUT2D eigenvalue weighted by Crippen LogP contribution is -2.48. The molecule has 0 spiro atoms. The predicted molar refractivity (Wildman–Crippen MR) is 115 cm³/mol. The fourth-order valence-electron chi connectivity index (χ4n) is 3.39. The van der Waals surface area contributed by atoms with E-state index in [0.29, 0.717) is 19.0 Å². The predicted octanol–water partition coefficient (Wildman–Crippen LogP) is 3.07. The van der Waals surface area contributed by atoms with Gasteiger partial charge in [0.25, 0.3) is 5.91 Å². The quantitative estimate of drug-likeness (QED) is 0.782. The van der Waals surface area contributed by atoms with Crippen LogP contribution in [0.25, 0.3) is 0 Å². The monoisotopic (exact) mass is 435 g/mol. The van der Waals surface area contributed by atoms with Crippen molar-refractivity contribution in [3.05, 3.63) is 64.2 Å². The van der Waals surface area contributed by atoms with Crippen molar-refractivity contribution in [2.24, 2.45) is 5.14 Å². The first-order chi connectivity index (χ1) is 13.6. The molecule has 0 radical (unpaired) electrons. The van der Waals surface area contributed by atoms with E-state index in [2.05, 4.69) is 43.0 Å². The van der Waals surface area contributed by atoms with Crippen LogP contribution in [0.4, 0.5) is 0 Å². The van der Waals surface area contributed by atoms with E-state index in [1.54, 1.807) is 4.90 Å². The SMILES string of the molecule is CC(C)c1ccc(CN2CCN(C(=O)c3cc(S(N)(=O)=O)ccc3Cl)CC2)cc1. The van der Waals surface area contributed by atoms with Gasteiger partial charge in [-0.25, -0.2) is 13.6 Å². The van der Waals surface area contributed by atoms with Crippen LogP contribution in [0.1, 0.15) is 41.3 Å². The summed E-state index contributed by atoms with van der Waals surface area (Å²) >= 11 is 6.14. The van der Waals surface area contributed by atoms with Gasteiger partial charge in [-0.15, -0.1) is 0 Å². The summed E-state index contributed by atoms with van der Waals surface area (Å²) in [6.07, 6.45) is 0. The second kappa shape index (κ2) is 8.83. The van der Waals surface area contributed by atoms with E-state index in [0.717, 1.165) is 19.6 Å². The van der Waals surface area contributed by atoms with Crippen molar-refractivity contribution < 1.29 is 13.2 Å². The lowest BCUT2D eigenvalue weighted by molar-refractivity contribution is 0.0628. The standard InChI is InChI=1S/C21H26ClN3O3S/c1-15(2)17-5-3-16(4-6-17)14-24-9-11-25(12-10-24)21(26)19-13-18(29(23,27)28)7-8-20(19)22/h3-8,13,15H,9-12,14H2,1-2H3,(H2,23,27,28). The zero-order valence-electron chi connectivity index (χ0n) is 16.6. The second-order valence-electron chi connectivity index (χ2n) is 7.65. The highest BCUT2D eigenvalue weighted by Crippen LogP contribution is 2.22. The minimum atomic E-state index is -3.90. The lowest BCUT2D eigenvalue weighted by Gasteiger charge is -2.35. The number of benzene rings is 2. The van der Waals surface area contributed by atoms with Crippen LogP contribution < -0.4 is 5.14 Å². The van der Waals surface area contributed by atoms with Crippen LogP contribution >= 0.6 is 11.6 Å². The first-order valence-electron chi connectivity index (χ1n) is 9.58. The minimum absolute atomic E-state index is 0.117. The summed E-state index contributed by atoms with van der Waals surface area (Å²) < 4.78 is 23.1. The molecule has 0 atom stereocenters. The normalized spacial score (nSPS) is 15.7. The van der Waals surface area contributed by atoms with Crippen molar-refractivity contribution in [2.45, 2.75) is 31.2 Å². The van der Waals surface area contributed by atoms with Crippen LogP contribution in [0, 0.1) is 0 Å². The number of nitrogens with two attached hydrogens (primary N) is 1. The highest BCUT2D eigenvalue weighted by Gasteiger charge is 2.25. The van der Waals surface area contributed by atoms with E-state index in [4.69, 9.17) is 16.7 Å². The molecule has 0 bridgehead atoms. The highest BCUT2D eigenvalue weighted by molar-refractivity contribution is 7.89. The third-order valence-corrected chi connectivity index (χ3v) is 6.45. The second-order valence-corrected chi connectivity index (χ2v) is 9.62. The summed E-state index contributed by atoms with van der Waals surface area (Å²) in [4.78, 5) is 16.7. The van der Waals surface area contributed by atoms with Crippen molar-refractivity contribution in [1.29, 1.82) is 0 Å². The van der Waals surface area contributed by atoms with Crippen LogP contribution in [0.15, 0.2) is 47.4 Å². The maximum Gasteiger partial charge on any atom is 0.255 e. The third kappa shape index (κ3) is 5.36. The average molecular weight is 436 g/mol. The number of carbonyl (C=O) groups excluding carboxylic acids is 1. The molecule has 6 nitrogen and oxygen atoms in total. The number of carbonyl (C=O) groups is 1. The van der Waals surface area contributed by atoms with Gasteiger partial charge in [0.15, 0.2) is 0 Å². The first kappa shape index (κ1) is 21.8. The number of sulfonamides is 1. The molecule has 1 heterocycles. The summed E-state index contributed by atoms with van der Waals surface area (Å²) in [5, 5.41) is 5.39. The summed E-state index contributed by atoms with van der Waals surface area (Å²) in [6, 6.07) is 12.6. The number of piperazine rings is 1. The van der Waals surface area contributed by atoms with Gasteiger partial charge >= 0.3 is 0 Å². The number of hydrogen-bond donors (Lipinski definition) is 1. The summed E-state index contributed by atoms with van der Waals surface area (Å²) in [5.41, 5.74) is 2.73. The van der Waals surface area contributed by atoms with E-state index in [1.807, 2.05) is 0 Å². The minimum Gasteiger partial charge on any atom is -0.336 e. The Hall–Kier alpha value is -1.93. The van der Waals surface area contributed by atoms with Crippen LogP contribution in [0.5, 0.6) is 0 Å². The van der Waals surface area contributed by atoms with Crippen molar-refractivity contribution in [2.75, 3.05) is 26.2 Å². The average Bonchev–Trinajstić information content (AvgIpc) is 2.68. The van der Waals surface area contributed by atoms with Crippen LogP contribution in [0.2, 0.25) is 5.02 Å². The van der Waals surface area contributed by atoms with E-state index in [1.165, 1.54) is 29.3 Å². The zero-order valence-corrected chi connectivity index (χ0v) is 18.2. The maximum absolute atomic E-state index is 12.9. The number of halogens is 1. The molecular formula is C21H26ClN3O3S. The molecule has 2 N–H and O–H groups in total. The van der Waals surface area contributed by atoms with Gasteiger partial charge < -0.3 is 4.90 Å². The van der Waals surface area contributed by atoms with Gasteiger partial charge in [0.2, 0.25) is 10.0 Å². The highest BCUT2D eigenvalue weighted by atomic mass is 35.5. The molecule has 0 aromatic heterocycles. The van der Waals surface area contributed by atoms with E-state index >= 15 is 0 Å². The smallest absolute Gasteiger partial charge is 0.255 e. The van der Waals surface area contributed by atoms with Crippen molar-refractivity contribution in [3.63, 3.8) is 0 Å². The van der Waals surface area contributed by atoms with Crippen molar-refractivity contribution in [3.8, 4) is 0 Å². The Morgan fingerprint density at radius 1 is 1.07 bits per heavy atom. The first-order valence-corrected chi connectivity index (χ1v) is 11.5. The molecule has 156 valence electrons. The van der Waals surface area contributed by atoms with Crippen LogP contribution in [-0.4, -0.2) is 50.3 Å². The van der Waals surface area contributed by atoms with E-state index in [-0.39, 0.29) is 21.4 Å². The molecule has 1 aliphatic rings. The molecule has 1 aliphatic heterocycles. The Labute approximate surface area is 177 Å². The van der Waals surface area contributed by atoms with Gasteiger partial charge in [-0.2, -0.15) is 0 Å². The largest absolute Gasteiger partial charge is 0.336 e. The number of hydrogen-bond acceptors (Lipinski definition) is 4. The summed E-state index contributed by atoms with van der Waals surface area (Å²) in [5.74, 6) is 0.236. The topological polar surface area (TPSA) is 83.7 Å². The fourth-order valence-corrected chi connectivity index (χ4v) is 4.13. The number of rotatable bonds is 5. The molecule has 8 heteroatoms. The van der Waals surface area contributed by atoms with E-state index < -0.39 is 10.0 Å². The van der Waals surface area contributed by atoms with Crippen LogP contribution in [0.3, 0.4) is 0 Å². The molecular weight excluding hydrogens is 410 g/mol. The van der Waals surface area contributed by atoms with Gasteiger partial charge in [-0.05, 0) is 35.2 Å². The third-order valence-electron chi connectivity index (χ3n) is 5.21. The lowest BCUT2D eigenvalue weighted by atomic mass is 10.0. The Morgan fingerprint density at radius 3 is 2.24 bits per heavy atom. The number of amides is 1. The molecule has 0 unspecified atom stereocenters. The molecule has 1 saturated heterocycles. The molecule has 2 aromatic rings. The molecule has 1 amide bonds. The molecule has 0 saturated carbocycles. The maximum atomic E-state index is 12.9. The van der Waals surface area contributed by atoms with Gasteiger partial charge in [0, 0.05) is 32.7 Å². The van der Waals surface area contributed by atoms with Crippen molar-refractivity contribution >= 4 is 27.5 Å². The molecule has 29 heavy (non-hydrogen) atoms. The zero-order chi connectivity index (χ0) is 21.2. The number of nitrogens with zero attached hydrogens (tertiary/aromatic N) is 2. The summed E-state index contributed by atoms with van der Waals surface area (Å²) in [7, 11) is -3.90. The van der Waals surface area contributed by atoms with Gasteiger partial charge in [0.05, 0.1) is 15.5 Å². The molecule has 0 aliphatic carbocycles. The molecule has 2 aromatic carbocycles. The van der Waals surface area contributed by atoms with Crippen molar-refractivity contribution in [1.82, 2.24) is 9.80 Å². The number of primary sulfonamides is 1. The Bertz CT molecular complexity index is 983. The Balaban J connectivity index is 1.62. The van der Waals surface area contributed by atoms with Gasteiger partial charge in [0.1, 0.15) is 0 Å². The Morgan fingerprint density at radius 2 is 1.69 bits per heavy atom. The fraction of sp³-hybridized carbons (Fsp3) is 0.381. The Kier molecular flexibility index (Phi) is 6.63. The van der Waals surface area contributed by atoms with E-state index in [9.17, 15) is 13.2 Å². The van der Waals surface area contributed by atoms with Gasteiger partial charge in [-0.3, -0.25) is 9.69 Å². The summed E-state index contributed by atoms with van der Waals surface area (Å²) in [6.45, 7) is 7.78. The van der Waals surface area contributed by atoms with Gasteiger partial charge in [-0.1, -0.05) is 49.7 Å².